The summed E-state index contributed by atoms with van der Waals surface area (Å²) in [5.41, 5.74) is -0.683. The lowest BCUT2D eigenvalue weighted by atomic mass is 10.2. The molecule has 0 amide bonds. The lowest BCUT2D eigenvalue weighted by molar-refractivity contribution is 0.0694. The van der Waals surface area contributed by atoms with E-state index in [1.807, 2.05) is 0 Å². The van der Waals surface area contributed by atoms with E-state index in [1.54, 1.807) is 6.07 Å². The van der Waals surface area contributed by atoms with Gasteiger partial charge in [0.15, 0.2) is 17.2 Å². The van der Waals surface area contributed by atoms with Crippen LogP contribution in [-0.2, 0) is 20.1 Å². The van der Waals surface area contributed by atoms with Gasteiger partial charge in [-0.05, 0) is 42.5 Å². The van der Waals surface area contributed by atoms with Gasteiger partial charge in [-0.3, -0.25) is 4.72 Å². The quantitative estimate of drug-likeness (QED) is 0.413. The number of ether oxygens (including phenoxy) is 1. The summed E-state index contributed by atoms with van der Waals surface area (Å²) in [6.45, 7) is 0. The van der Waals surface area contributed by atoms with Gasteiger partial charge in [-0.1, -0.05) is 18.2 Å². The number of rotatable bonds is 8. The minimum atomic E-state index is -4.35. The van der Waals surface area contributed by atoms with Crippen LogP contribution in [0, 0.1) is 0 Å². The molecule has 0 spiro atoms. The number of carboxylic acids is 1. The van der Waals surface area contributed by atoms with E-state index in [1.165, 1.54) is 43.5 Å². The fraction of sp³-hybridized carbons (Fsp3) is 0.0500. The number of phenolic OH excluding ortho intramolecular Hbond substituents is 1. The molecular weight excluding hydrogens is 462 g/mol. The molecule has 0 aromatic heterocycles. The summed E-state index contributed by atoms with van der Waals surface area (Å²) in [4.78, 5) is 11.0. The lowest BCUT2D eigenvalue weighted by Crippen LogP contribution is -2.16. The summed E-state index contributed by atoms with van der Waals surface area (Å²) in [5, 5.41) is 19.3. The van der Waals surface area contributed by atoms with Crippen molar-refractivity contribution in [3.8, 4) is 17.2 Å². The minimum absolute atomic E-state index is 0.00726. The number of nitrogens with one attached hydrogen (secondary N) is 1. The molecule has 0 atom stereocenters. The Morgan fingerprint density at radius 3 is 2.12 bits per heavy atom. The van der Waals surface area contributed by atoms with Gasteiger partial charge in [0.25, 0.3) is 10.0 Å². The fourth-order valence-corrected chi connectivity index (χ4v) is 4.68. The van der Waals surface area contributed by atoms with Crippen LogP contribution in [0.2, 0.25) is 0 Å². The third-order valence-corrected chi connectivity index (χ3v) is 6.78. The standard InChI is InChI=1S/C20H17NO9S2/c1-29-19-9-7-13(11-17(19)22)21-31(25,26)15-8-10-18(16(12-15)20(23)24)30-32(27,28)14-5-3-2-4-6-14/h2-12,21-22H,1H3,(H,23,24). The highest BCUT2D eigenvalue weighted by Gasteiger charge is 2.24. The first-order chi connectivity index (χ1) is 15.0. The molecule has 0 heterocycles. The molecule has 0 aliphatic heterocycles. The number of hydrogen-bond acceptors (Lipinski definition) is 8. The van der Waals surface area contributed by atoms with Crippen LogP contribution < -0.4 is 13.6 Å². The summed E-state index contributed by atoms with van der Waals surface area (Å²) in [7, 11) is -7.31. The molecule has 0 saturated heterocycles. The van der Waals surface area contributed by atoms with Crippen LogP contribution >= 0.6 is 0 Å². The zero-order valence-electron chi connectivity index (χ0n) is 16.4. The van der Waals surface area contributed by atoms with Gasteiger partial charge in [0.2, 0.25) is 0 Å². The van der Waals surface area contributed by atoms with Gasteiger partial charge in [-0.2, -0.15) is 8.42 Å². The van der Waals surface area contributed by atoms with Crippen molar-refractivity contribution in [3.63, 3.8) is 0 Å². The van der Waals surface area contributed by atoms with Gasteiger partial charge < -0.3 is 19.1 Å². The smallest absolute Gasteiger partial charge is 0.339 e. The molecule has 3 aromatic carbocycles. The third kappa shape index (κ3) is 4.92. The predicted octanol–water partition coefficient (Wildman–Crippen LogP) is 2.67. The topological polar surface area (TPSA) is 156 Å². The van der Waals surface area contributed by atoms with Crippen LogP contribution in [0.1, 0.15) is 10.4 Å². The maximum Gasteiger partial charge on any atom is 0.339 e. The van der Waals surface area contributed by atoms with E-state index in [9.17, 15) is 31.8 Å². The minimum Gasteiger partial charge on any atom is -0.504 e. The molecule has 0 saturated carbocycles. The first-order valence-corrected chi connectivity index (χ1v) is 11.7. The van der Waals surface area contributed by atoms with E-state index in [-0.39, 0.29) is 22.1 Å². The van der Waals surface area contributed by atoms with Crippen LogP contribution in [-0.4, -0.2) is 40.1 Å². The van der Waals surface area contributed by atoms with E-state index in [0.717, 1.165) is 24.3 Å². The summed E-state index contributed by atoms with van der Waals surface area (Å²) in [5.74, 6) is -2.33. The van der Waals surface area contributed by atoms with Crippen molar-refractivity contribution in [1.82, 2.24) is 0 Å². The van der Waals surface area contributed by atoms with E-state index >= 15 is 0 Å². The van der Waals surface area contributed by atoms with Crippen molar-refractivity contribution in [3.05, 3.63) is 72.3 Å². The number of methoxy groups -OCH3 is 1. The molecule has 3 N–H and O–H groups in total. The van der Waals surface area contributed by atoms with Crippen LogP contribution in [0.15, 0.2) is 76.5 Å². The second-order valence-electron chi connectivity index (χ2n) is 6.31. The number of sulfonamides is 1. The molecule has 12 heteroatoms. The number of phenols is 1. The van der Waals surface area contributed by atoms with Crippen LogP contribution in [0.3, 0.4) is 0 Å². The number of aromatic carboxylic acids is 1. The molecule has 0 aliphatic carbocycles. The highest BCUT2D eigenvalue weighted by Crippen LogP contribution is 2.31. The Kier molecular flexibility index (Phi) is 6.27. The maximum absolute atomic E-state index is 12.7. The predicted molar refractivity (Wildman–Crippen MR) is 113 cm³/mol. The van der Waals surface area contributed by atoms with Crippen molar-refractivity contribution in [2.24, 2.45) is 0 Å². The van der Waals surface area contributed by atoms with Gasteiger partial charge in [-0.15, -0.1) is 0 Å². The number of aromatic hydroxyl groups is 1. The van der Waals surface area contributed by atoms with Crippen LogP contribution in [0.4, 0.5) is 5.69 Å². The SMILES string of the molecule is COc1ccc(NS(=O)(=O)c2ccc(OS(=O)(=O)c3ccccc3)c(C(=O)O)c2)cc1O. The largest absolute Gasteiger partial charge is 0.504 e. The molecule has 0 unspecified atom stereocenters. The number of anilines is 1. The van der Waals surface area contributed by atoms with E-state index < -0.39 is 42.3 Å². The Hall–Kier alpha value is -3.77. The fourth-order valence-electron chi connectivity index (χ4n) is 2.64. The highest BCUT2D eigenvalue weighted by molar-refractivity contribution is 7.92. The van der Waals surface area contributed by atoms with Crippen molar-refractivity contribution in [2.45, 2.75) is 9.79 Å². The molecule has 3 rings (SSSR count). The van der Waals surface area contributed by atoms with Crippen LogP contribution in [0.5, 0.6) is 17.2 Å². The highest BCUT2D eigenvalue weighted by atomic mass is 32.2. The summed E-state index contributed by atoms with van der Waals surface area (Å²) in [6.07, 6.45) is 0. The Labute approximate surface area is 183 Å². The van der Waals surface area contributed by atoms with E-state index in [2.05, 4.69) is 4.72 Å². The average Bonchev–Trinajstić information content (AvgIpc) is 2.74. The summed E-state index contributed by atoms with van der Waals surface area (Å²) in [6, 6.07) is 13.5. The number of carbonyl (C=O) groups is 1. The second kappa shape index (κ2) is 8.77. The molecule has 32 heavy (non-hydrogen) atoms. The van der Waals surface area contributed by atoms with Crippen LogP contribution in [0.25, 0.3) is 0 Å². The van der Waals surface area contributed by atoms with Gasteiger partial charge >= 0.3 is 16.1 Å². The van der Waals surface area contributed by atoms with Gasteiger partial charge in [0.1, 0.15) is 10.5 Å². The molecule has 0 fully saturated rings. The van der Waals surface area contributed by atoms with E-state index in [0.29, 0.717) is 0 Å². The zero-order chi connectivity index (χ0) is 23.5. The maximum atomic E-state index is 12.7. The normalized spacial score (nSPS) is 11.5. The first-order valence-electron chi connectivity index (χ1n) is 8.80. The Morgan fingerprint density at radius 1 is 0.875 bits per heavy atom. The molecule has 0 bridgehead atoms. The van der Waals surface area contributed by atoms with Crippen molar-refractivity contribution in [1.29, 1.82) is 0 Å². The zero-order valence-corrected chi connectivity index (χ0v) is 18.1. The molecule has 0 aliphatic rings. The van der Waals surface area contributed by atoms with Crippen molar-refractivity contribution < 1.29 is 40.8 Å². The third-order valence-electron chi connectivity index (χ3n) is 4.15. The van der Waals surface area contributed by atoms with Gasteiger partial charge in [-0.25, -0.2) is 13.2 Å². The monoisotopic (exact) mass is 479 g/mol. The molecule has 0 radical (unpaired) electrons. The second-order valence-corrected chi connectivity index (χ2v) is 9.53. The summed E-state index contributed by atoms with van der Waals surface area (Å²) < 4.78 is 62.2. The molecule has 3 aromatic rings. The number of carboxylic acid groups (broad SMARTS) is 1. The Balaban J connectivity index is 1.94. The molecule has 10 nitrogen and oxygen atoms in total. The summed E-state index contributed by atoms with van der Waals surface area (Å²) >= 11 is 0. The Morgan fingerprint density at radius 2 is 1.53 bits per heavy atom. The molecule has 168 valence electrons. The van der Waals surface area contributed by atoms with E-state index in [4.69, 9.17) is 8.92 Å². The number of hydrogen-bond donors (Lipinski definition) is 3. The van der Waals surface area contributed by atoms with Gasteiger partial charge in [0, 0.05) is 6.07 Å². The van der Waals surface area contributed by atoms with Gasteiger partial charge in [0.05, 0.1) is 17.7 Å². The average molecular weight is 479 g/mol. The lowest BCUT2D eigenvalue weighted by Gasteiger charge is -2.13. The number of benzene rings is 3. The first kappa shape index (κ1) is 22.9. The molecular formula is C20H17NO9S2. The van der Waals surface area contributed by atoms with Crippen molar-refractivity contribution >= 4 is 31.8 Å². The van der Waals surface area contributed by atoms with Crippen molar-refractivity contribution in [2.75, 3.05) is 11.8 Å². The Bertz CT molecular complexity index is 1370.